The average molecular weight is 393 g/mol. The first-order chi connectivity index (χ1) is 10.9. The lowest BCUT2D eigenvalue weighted by atomic mass is 9.98. The van der Waals surface area contributed by atoms with Gasteiger partial charge in [0.25, 0.3) is 0 Å². The average Bonchev–Trinajstić information content (AvgIpc) is 3.27. The van der Waals surface area contributed by atoms with Crippen LogP contribution >= 0.6 is 15.9 Å². The molecule has 1 aliphatic heterocycles. The largest absolute Gasteiger partial charge is 0.573 e. The third-order valence-electron chi connectivity index (χ3n) is 4.36. The Morgan fingerprint density at radius 3 is 2.52 bits per heavy atom. The van der Waals surface area contributed by atoms with Crippen LogP contribution < -0.4 is 10.1 Å². The number of benzene rings is 1. The molecule has 1 saturated heterocycles. The maximum atomic E-state index is 12.5. The summed E-state index contributed by atoms with van der Waals surface area (Å²) >= 11 is 3.32. The van der Waals surface area contributed by atoms with Crippen LogP contribution in [0, 0.1) is 5.92 Å². The molecular weight excluding hydrogens is 373 g/mol. The highest BCUT2D eigenvalue weighted by atomic mass is 79.9. The zero-order valence-electron chi connectivity index (χ0n) is 12.7. The van der Waals surface area contributed by atoms with E-state index in [0.29, 0.717) is 10.4 Å². The zero-order valence-corrected chi connectivity index (χ0v) is 14.3. The van der Waals surface area contributed by atoms with Gasteiger partial charge in [-0.2, -0.15) is 0 Å². The molecule has 23 heavy (non-hydrogen) atoms. The Hall–Kier alpha value is -0.790. The molecule has 0 bridgehead atoms. The summed E-state index contributed by atoms with van der Waals surface area (Å²) in [5.74, 6) is 0.540. The molecule has 0 unspecified atom stereocenters. The van der Waals surface area contributed by atoms with E-state index in [9.17, 15) is 13.2 Å². The van der Waals surface area contributed by atoms with Gasteiger partial charge in [0.05, 0.1) is 0 Å². The molecule has 1 N–H and O–H groups in total. The van der Waals surface area contributed by atoms with Gasteiger partial charge in [0, 0.05) is 36.7 Å². The summed E-state index contributed by atoms with van der Waals surface area (Å²) in [6.07, 6.45) is -1.22. The van der Waals surface area contributed by atoms with Crippen molar-refractivity contribution >= 4 is 15.9 Å². The molecule has 0 spiro atoms. The van der Waals surface area contributed by atoms with E-state index in [-0.39, 0.29) is 11.8 Å². The minimum absolute atomic E-state index is 0.151. The first kappa shape index (κ1) is 17.0. The van der Waals surface area contributed by atoms with Crippen LogP contribution in [0.2, 0.25) is 0 Å². The van der Waals surface area contributed by atoms with Gasteiger partial charge in [0.2, 0.25) is 0 Å². The molecule has 0 aromatic heterocycles. The molecule has 1 heterocycles. The standard InChI is InChI=1S/C16H20BrF3N2O/c17-13-8-12(9-14(10-13)23-16(18,19)20)15(7-11-1-2-11)22-5-3-21-4-6-22/h8-11,15,21H,1-7H2/t15-/m0/s1. The van der Waals surface area contributed by atoms with Gasteiger partial charge in [-0.1, -0.05) is 28.8 Å². The molecule has 2 aliphatic rings. The van der Waals surface area contributed by atoms with Crippen LogP contribution in [0.3, 0.4) is 0 Å². The molecule has 1 aliphatic carbocycles. The van der Waals surface area contributed by atoms with E-state index >= 15 is 0 Å². The summed E-state index contributed by atoms with van der Waals surface area (Å²) in [5, 5.41) is 3.32. The predicted octanol–water partition coefficient (Wildman–Crippen LogP) is 4.09. The Kier molecular flexibility index (Phi) is 5.18. The Balaban J connectivity index is 1.84. The molecule has 1 atom stereocenters. The van der Waals surface area contributed by atoms with Crippen molar-refractivity contribution in [2.24, 2.45) is 5.92 Å². The van der Waals surface area contributed by atoms with Crippen molar-refractivity contribution in [2.45, 2.75) is 31.7 Å². The fourth-order valence-corrected chi connectivity index (χ4v) is 3.62. The van der Waals surface area contributed by atoms with E-state index in [0.717, 1.165) is 38.2 Å². The maximum Gasteiger partial charge on any atom is 0.573 e. The van der Waals surface area contributed by atoms with Crippen molar-refractivity contribution in [3.63, 3.8) is 0 Å². The molecule has 3 nitrogen and oxygen atoms in total. The minimum atomic E-state index is -4.67. The van der Waals surface area contributed by atoms with Crippen LogP contribution in [0.15, 0.2) is 22.7 Å². The van der Waals surface area contributed by atoms with Gasteiger partial charge < -0.3 is 10.1 Å². The molecule has 0 amide bonds. The lowest BCUT2D eigenvalue weighted by molar-refractivity contribution is -0.274. The zero-order chi connectivity index (χ0) is 16.4. The molecule has 1 aromatic carbocycles. The summed E-state index contributed by atoms with van der Waals surface area (Å²) in [5.41, 5.74) is 0.896. The van der Waals surface area contributed by atoms with Crippen LogP contribution in [0.4, 0.5) is 13.2 Å². The second-order valence-electron chi connectivity index (χ2n) is 6.25. The van der Waals surface area contributed by atoms with E-state index in [2.05, 4.69) is 30.9 Å². The smallest absolute Gasteiger partial charge is 0.406 e. The van der Waals surface area contributed by atoms with Crippen molar-refractivity contribution in [1.29, 1.82) is 0 Å². The number of rotatable bonds is 5. The fourth-order valence-electron chi connectivity index (χ4n) is 3.13. The van der Waals surface area contributed by atoms with Gasteiger partial charge in [-0.05, 0) is 36.1 Å². The maximum absolute atomic E-state index is 12.5. The number of hydrogen-bond acceptors (Lipinski definition) is 3. The van der Waals surface area contributed by atoms with Crippen LogP contribution in [-0.2, 0) is 0 Å². The molecule has 128 valence electrons. The predicted molar refractivity (Wildman–Crippen MR) is 85.3 cm³/mol. The Labute approximate surface area is 142 Å². The molecule has 0 radical (unpaired) electrons. The molecule has 3 rings (SSSR count). The van der Waals surface area contributed by atoms with E-state index in [1.54, 1.807) is 0 Å². The van der Waals surface area contributed by atoms with Crippen LogP contribution in [-0.4, -0.2) is 37.4 Å². The summed E-state index contributed by atoms with van der Waals surface area (Å²) in [6, 6.07) is 4.96. The van der Waals surface area contributed by atoms with Crippen molar-refractivity contribution < 1.29 is 17.9 Å². The minimum Gasteiger partial charge on any atom is -0.406 e. The number of piperazine rings is 1. The molecular formula is C16H20BrF3N2O. The second-order valence-corrected chi connectivity index (χ2v) is 7.16. The van der Waals surface area contributed by atoms with Crippen LogP contribution in [0.25, 0.3) is 0 Å². The third-order valence-corrected chi connectivity index (χ3v) is 4.82. The monoisotopic (exact) mass is 392 g/mol. The Bertz CT molecular complexity index is 543. The van der Waals surface area contributed by atoms with Gasteiger partial charge in [-0.15, -0.1) is 13.2 Å². The Morgan fingerprint density at radius 2 is 1.91 bits per heavy atom. The van der Waals surface area contributed by atoms with Crippen molar-refractivity contribution in [3.05, 3.63) is 28.2 Å². The van der Waals surface area contributed by atoms with Gasteiger partial charge >= 0.3 is 6.36 Å². The summed E-state index contributed by atoms with van der Waals surface area (Å²) in [7, 11) is 0. The molecule has 2 fully saturated rings. The Morgan fingerprint density at radius 1 is 1.22 bits per heavy atom. The van der Waals surface area contributed by atoms with E-state index in [1.807, 2.05) is 6.07 Å². The SMILES string of the molecule is FC(F)(F)Oc1cc(Br)cc([C@H](CC2CC2)N2CCNCC2)c1. The van der Waals surface area contributed by atoms with E-state index in [4.69, 9.17) is 0 Å². The van der Waals surface area contributed by atoms with Crippen LogP contribution in [0.1, 0.15) is 30.9 Å². The molecule has 1 aromatic rings. The highest BCUT2D eigenvalue weighted by Gasteiger charge is 2.33. The van der Waals surface area contributed by atoms with Gasteiger partial charge in [0.15, 0.2) is 0 Å². The normalized spacial score (nSPS) is 21.2. The second kappa shape index (κ2) is 6.99. The number of halogens is 4. The highest BCUT2D eigenvalue weighted by Crippen LogP contribution is 2.41. The summed E-state index contributed by atoms with van der Waals surface area (Å²) in [4.78, 5) is 2.37. The third kappa shape index (κ3) is 5.09. The van der Waals surface area contributed by atoms with E-state index in [1.165, 1.54) is 25.0 Å². The van der Waals surface area contributed by atoms with Crippen LogP contribution in [0.5, 0.6) is 5.75 Å². The first-order valence-corrected chi connectivity index (χ1v) is 8.71. The van der Waals surface area contributed by atoms with Gasteiger partial charge in [-0.3, -0.25) is 4.90 Å². The quantitative estimate of drug-likeness (QED) is 0.816. The number of nitrogens with one attached hydrogen (secondary N) is 1. The number of nitrogens with zero attached hydrogens (tertiary/aromatic N) is 1. The summed E-state index contributed by atoms with van der Waals surface area (Å²) < 4.78 is 42.3. The van der Waals surface area contributed by atoms with Crippen molar-refractivity contribution in [1.82, 2.24) is 10.2 Å². The lowest BCUT2D eigenvalue weighted by Crippen LogP contribution is -2.45. The van der Waals surface area contributed by atoms with Crippen molar-refractivity contribution in [3.8, 4) is 5.75 Å². The number of alkyl halides is 3. The molecule has 7 heteroatoms. The lowest BCUT2D eigenvalue weighted by Gasteiger charge is -2.35. The first-order valence-electron chi connectivity index (χ1n) is 7.92. The summed E-state index contributed by atoms with van der Waals surface area (Å²) in [6.45, 7) is 3.67. The van der Waals surface area contributed by atoms with Crippen molar-refractivity contribution in [2.75, 3.05) is 26.2 Å². The fraction of sp³-hybridized carbons (Fsp3) is 0.625. The van der Waals surface area contributed by atoms with E-state index < -0.39 is 6.36 Å². The molecule has 1 saturated carbocycles. The highest BCUT2D eigenvalue weighted by molar-refractivity contribution is 9.10. The van der Waals surface area contributed by atoms with Gasteiger partial charge in [-0.25, -0.2) is 0 Å². The number of ether oxygens (including phenoxy) is 1. The topological polar surface area (TPSA) is 24.5 Å². The van der Waals surface area contributed by atoms with Gasteiger partial charge in [0.1, 0.15) is 5.75 Å². The number of hydrogen-bond donors (Lipinski definition) is 1.